The van der Waals surface area contributed by atoms with Crippen molar-refractivity contribution in [3.8, 4) is 0 Å². The Morgan fingerprint density at radius 3 is 2.32 bits per heavy atom. The first-order chi connectivity index (χ1) is 12.1. The van der Waals surface area contributed by atoms with Gasteiger partial charge in [0.1, 0.15) is 0 Å². The molecule has 4 nitrogen and oxygen atoms in total. The highest BCUT2D eigenvalue weighted by Gasteiger charge is 2.04. The summed E-state index contributed by atoms with van der Waals surface area (Å²) in [4.78, 5) is 6.48. The molecular formula is C20H27ClN4. The van der Waals surface area contributed by atoms with Crippen LogP contribution in [-0.4, -0.2) is 38.5 Å². The van der Waals surface area contributed by atoms with Gasteiger partial charge >= 0.3 is 0 Å². The van der Waals surface area contributed by atoms with Crippen molar-refractivity contribution in [2.75, 3.05) is 27.7 Å². The molecule has 0 spiro atoms. The number of aliphatic imine (C=N–C) groups is 1. The van der Waals surface area contributed by atoms with E-state index in [4.69, 9.17) is 11.6 Å². The van der Waals surface area contributed by atoms with Gasteiger partial charge in [0.05, 0.1) is 0 Å². The van der Waals surface area contributed by atoms with Gasteiger partial charge in [-0.1, -0.05) is 48.0 Å². The molecule has 0 unspecified atom stereocenters. The number of nitrogens with zero attached hydrogens (tertiary/aromatic N) is 2. The van der Waals surface area contributed by atoms with E-state index in [1.165, 1.54) is 16.7 Å². The van der Waals surface area contributed by atoms with E-state index in [-0.39, 0.29) is 0 Å². The summed E-state index contributed by atoms with van der Waals surface area (Å²) in [6.07, 6.45) is 0.926. The van der Waals surface area contributed by atoms with E-state index in [1.807, 2.05) is 12.1 Å². The Kier molecular flexibility index (Phi) is 7.76. The van der Waals surface area contributed by atoms with Gasteiger partial charge in [-0.2, -0.15) is 0 Å². The van der Waals surface area contributed by atoms with Gasteiger partial charge in [0.2, 0.25) is 0 Å². The molecule has 0 bridgehead atoms. The normalized spacial score (nSPS) is 11.6. The average Bonchev–Trinajstić information content (AvgIpc) is 2.60. The summed E-state index contributed by atoms with van der Waals surface area (Å²) in [6, 6.07) is 16.4. The number of guanidine groups is 1. The summed E-state index contributed by atoms with van der Waals surface area (Å²) < 4.78 is 0. The van der Waals surface area contributed by atoms with E-state index in [1.54, 1.807) is 7.05 Å². The van der Waals surface area contributed by atoms with Gasteiger partial charge in [-0.05, 0) is 49.3 Å². The Labute approximate surface area is 155 Å². The minimum Gasteiger partial charge on any atom is -0.356 e. The number of hydrogen-bond donors (Lipinski definition) is 2. The minimum absolute atomic E-state index is 0.755. The first-order valence-corrected chi connectivity index (χ1v) is 8.86. The summed E-state index contributed by atoms with van der Waals surface area (Å²) in [6.45, 7) is 2.51. The Morgan fingerprint density at radius 1 is 1.00 bits per heavy atom. The lowest BCUT2D eigenvalue weighted by molar-refractivity contribution is 0.400. The van der Waals surface area contributed by atoms with Gasteiger partial charge in [-0.15, -0.1) is 0 Å². The third-order valence-electron chi connectivity index (χ3n) is 3.89. The van der Waals surface area contributed by atoms with Crippen LogP contribution in [0.1, 0.15) is 16.7 Å². The Bertz CT molecular complexity index is 680. The van der Waals surface area contributed by atoms with Crippen molar-refractivity contribution in [3.05, 3.63) is 70.2 Å². The first-order valence-electron chi connectivity index (χ1n) is 8.49. The lowest BCUT2D eigenvalue weighted by Gasteiger charge is -2.16. The monoisotopic (exact) mass is 358 g/mol. The van der Waals surface area contributed by atoms with E-state index in [2.05, 4.69) is 71.0 Å². The van der Waals surface area contributed by atoms with Crippen molar-refractivity contribution in [2.45, 2.75) is 19.5 Å². The highest BCUT2D eigenvalue weighted by Crippen LogP contribution is 2.11. The topological polar surface area (TPSA) is 39.7 Å². The van der Waals surface area contributed by atoms with Crippen LogP contribution < -0.4 is 10.6 Å². The van der Waals surface area contributed by atoms with Gasteiger partial charge in [0.25, 0.3) is 0 Å². The zero-order valence-electron chi connectivity index (χ0n) is 15.2. The lowest BCUT2D eigenvalue weighted by Crippen LogP contribution is -2.38. The van der Waals surface area contributed by atoms with E-state index < -0.39 is 0 Å². The molecule has 134 valence electrons. The van der Waals surface area contributed by atoms with E-state index in [0.29, 0.717) is 0 Å². The van der Waals surface area contributed by atoms with Crippen LogP contribution in [0.2, 0.25) is 5.02 Å². The maximum Gasteiger partial charge on any atom is 0.191 e. The summed E-state index contributed by atoms with van der Waals surface area (Å²) in [5.74, 6) is 0.814. The second kappa shape index (κ2) is 10.1. The zero-order chi connectivity index (χ0) is 18.1. The van der Waals surface area contributed by atoms with Crippen LogP contribution in [0.15, 0.2) is 53.5 Å². The summed E-state index contributed by atoms with van der Waals surface area (Å²) in [7, 11) is 5.96. The quantitative estimate of drug-likeness (QED) is 0.589. The molecule has 0 radical (unpaired) electrons. The molecule has 0 fully saturated rings. The number of benzene rings is 2. The van der Waals surface area contributed by atoms with Crippen LogP contribution in [0.25, 0.3) is 0 Å². The number of halogens is 1. The lowest BCUT2D eigenvalue weighted by atomic mass is 10.1. The third kappa shape index (κ3) is 6.77. The van der Waals surface area contributed by atoms with Crippen LogP contribution in [0.5, 0.6) is 0 Å². The summed E-state index contributed by atoms with van der Waals surface area (Å²) in [5, 5.41) is 7.52. The second-order valence-electron chi connectivity index (χ2n) is 6.24. The zero-order valence-corrected chi connectivity index (χ0v) is 16.0. The molecule has 2 rings (SSSR count). The highest BCUT2D eigenvalue weighted by atomic mass is 35.5. The molecule has 0 saturated carbocycles. The van der Waals surface area contributed by atoms with Crippen LogP contribution >= 0.6 is 11.6 Å². The average molecular weight is 359 g/mol. The number of nitrogens with one attached hydrogen (secondary N) is 2. The fraction of sp³-hybridized carbons (Fsp3) is 0.350. The fourth-order valence-electron chi connectivity index (χ4n) is 2.60. The smallest absolute Gasteiger partial charge is 0.191 e. The van der Waals surface area contributed by atoms with Gasteiger partial charge in [-0.25, -0.2) is 0 Å². The predicted octanol–water partition coefficient (Wildman–Crippen LogP) is 3.31. The molecule has 0 aromatic heterocycles. The molecule has 0 atom stereocenters. The molecule has 0 aliphatic carbocycles. The molecule has 25 heavy (non-hydrogen) atoms. The molecule has 5 heteroatoms. The van der Waals surface area contributed by atoms with Crippen LogP contribution in [0.4, 0.5) is 0 Å². The number of rotatable bonds is 7. The molecular weight excluding hydrogens is 332 g/mol. The Hall–Kier alpha value is -2.04. The largest absolute Gasteiger partial charge is 0.356 e. The molecule has 2 N–H and O–H groups in total. The van der Waals surface area contributed by atoms with Crippen molar-refractivity contribution >= 4 is 17.6 Å². The molecule has 2 aromatic rings. The van der Waals surface area contributed by atoms with Crippen LogP contribution in [-0.2, 0) is 19.5 Å². The maximum atomic E-state index is 5.91. The highest BCUT2D eigenvalue weighted by molar-refractivity contribution is 6.30. The van der Waals surface area contributed by atoms with E-state index >= 15 is 0 Å². The molecule has 0 amide bonds. The van der Waals surface area contributed by atoms with Crippen molar-refractivity contribution in [1.29, 1.82) is 0 Å². The van der Waals surface area contributed by atoms with Gasteiger partial charge in [0.15, 0.2) is 5.96 Å². The van der Waals surface area contributed by atoms with E-state index in [0.717, 1.165) is 37.0 Å². The second-order valence-corrected chi connectivity index (χ2v) is 6.67. The molecule has 0 heterocycles. The first kappa shape index (κ1) is 19.3. The molecule has 0 aliphatic rings. The van der Waals surface area contributed by atoms with Gasteiger partial charge in [-0.3, -0.25) is 4.99 Å². The standard InChI is InChI=1S/C20H27ClN4/c1-22-20(23-13-12-16-8-10-19(21)11-9-16)24-14-17-6-4-5-7-18(17)15-25(2)3/h4-11H,12-15H2,1-3H3,(H2,22,23,24). The Balaban J connectivity index is 1.83. The third-order valence-corrected chi connectivity index (χ3v) is 4.15. The molecule has 0 aliphatic heterocycles. The van der Waals surface area contributed by atoms with Crippen molar-refractivity contribution in [2.24, 2.45) is 4.99 Å². The molecule has 0 saturated heterocycles. The predicted molar refractivity (Wildman–Crippen MR) is 107 cm³/mol. The minimum atomic E-state index is 0.755. The summed E-state index contributed by atoms with van der Waals surface area (Å²) in [5.41, 5.74) is 3.87. The van der Waals surface area contributed by atoms with Crippen molar-refractivity contribution < 1.29 is 0 Å². The van der Waals surface area contributed by atoms with Crippen LogP contribution in [0, 0.1) is 0 Å². The van der Waals surface area contributed by atoms with Gasteiger partial charge in [0, 0.05) is 31.7 Å². The fourth-order valence-corrected chi connectivity index (χ4v) is 2.73. The van der Waals surface area contributed by atoms with E-state index in [9.17, 15) is 0 Å². The van der Waals surface area contributed by atoms with Crippen molar-refractivity contribution in [3.63, 3.8) is 0 Å². The maximum absolute atomic E-state index is 5.91. The van der Waals surface area contributed by atoms with Crippen LogP contribution in [0.3, 0.4) is 0 Å². The Morgan fingerprint density at radius 2 is 1.68 bits per heavy atom. The van der Waals surface area contributed by atoms with Crippen molar-refractivity contribution in [1.82, 2.24) is 15.5 Å². The van der Waals surface area contributed by atoms with Gasteiger partial charge < -0.3 is 15.5 Å². The SMILES string of the molecule is CN=C(NCCc1ccc(Cl)cc1)NCc1ccccc1CN(C)C. The molecule has 2 aromatic carbocycles. The summed E-state index contributed by atoms with van der Waals surface area (Å²) >= 11 is 5.91. The number of hydrogen-bond acceptors (Lipinski definition) is 2.